The van der Waals surface area contributed by atoms with Crippen LogP contribution >= 0.6 is 0 Å². The largest absolute Gasteiger partial charge is 0.496 e. The maximum Gasteiger partial charge on any atom is 0.303 e. The summed E-state index contributed by atoms with van der Waals surface area (Å²) in [4.78, 5) is 36.6. The number of carbonyl (C=O) groups excluding carboxylic acids is 2. The van der Waals surface area contributed by atoms with Gasteiger partial charge in [-0.1, -0.05) is 0 Å². The van der Waals surface area contributed by atoms with Gasteiger partial charge in [0.25, 0.3) is 0 Å². The third kappa shape index (κ3) is 4.57. The number of carbonyl (C=O) groups is 3. The molecule has 0 saturated carbocycles. The van der Waals surface area contributed by atoms with Gasteiger partial charge in [0, 0.05) is 30.6 Å². The molecule has 0 radical (unpaired) electrons. The van der Waals surface area contributed by atoms with E-state index in [0.29, 0.717) is 42.8 Å². The molecule has 0 bridgehead atoms. The molecule has 1 amide bonds. The smallest absolute Gasteiger partial charge is 0.303 e. The highest BCUT2D eigenvalue weighted by Gasteiger charge is 2.25. The van der Waals surface area contributed by atoms with Gasteiger partial charge in [0.2, 0.25) is 5.91 Å². The van der Waals surface area contributed by atoms with Crippen molar-refractivity contribution in [3.8, 4) is 5.75 Å². The highest BCUT2D eigenvalue weighted by Crippen LogP contribution is 2.24. The van der Waals surface area contributed by atoms with Crippen LogP contribution in [0, 0.1) is 5.92 Å². The zero-order chi connectivity index (χ0) is 17.7. The summed E-state index contributed by atoms with van der Waals surface area (Å²) in [5.74, 6) is -0.134. The van der Waals surface area contributed by atoms with Crippen LogP contribution in [0.2, 0.25) is 0 Å². The van der Waals surface area contributed by atoms with Crippen molar-refractivity contribution in [2.24, 2.45) is 5.92 Å². The van der Waals surface area contributed by atoms with Crippen molar-refractivity contribution in [3.63, 3.8) is 0 Å². The second kappa shape index (κ2) is 7.95. The Morgan fingerprint density at radius 2 is 1.92 bits per heavy atom. The molecule has 1 aromatic carbocycles. The van der Waals surface area contributed by atoms with Gasteiger partial charge in [-0.25, -0.2) is 0 Å². The number of likely N-dealkylation sites (tertiary alicyclic amines) is 1. The summed E-state index contributed by atoms with van der Waals surface area (Å²) >= 11 is 0. The molecule has 1 aliphatic rings. The first-order valence-corrected chi connectivity index (χ1v) is 8.08. The predicted molar refractivity (Wildman–Crippen MR) is 88.3 cm³/mol. The van der Waals surface area contributed by atoms with Crippen LogP contribution in [0.4, 0.5) is 0 Å². The molecule has 2 rings (SSSR count). The van der Waals surface area contributed by atoms with E-state index in [0.717, 1.165) is 0 Å². The fourth-order valence-electron chi connectivity index (χ4n) is 3.04. The molecule has 1 aromatic rings. The van der Waals surface area contributed by atoms with Crippen molar-refractivity contribution in [1.82, 2.24) is 4.90 Å². The molecule has 1 fully saturated rings. The average molecular weight is 333 g/mol. The number of hydrogen-bond acceptors (Lipinski definition) is 4. The topological polar surface area (TPSA) is 83.9 Å². The Morgan fingerprint density at radius 1 is 1.25 bits per heavy atom. The Balaban J connectivity index is 2.01. The molecule has 6 nitrogen and oxygen atoms in total. The molecule has 0 spiro atoms. The summed E-state index contributed by atoms with van der Waals surface area (Å²) in [7, 11) is 1.54. The first-order chi connectivity index (χ1) is 11.4. The number of rotatable bonds is 6. The molecule has 0 aliphatic carbocycles. The Labute approximate surface area is 141 Å². The lowest BCUT2D eigenvalue weighted by Gasteiger charge is -2.31. The minimum Gasteiger partial charge on any atom is -0.496 e. The zero-order valence-electron chi connectivity index (χ0n) is 14.1. The van der Waals surface area contributed by atoms with Crippen LogP contribution in [0.3, 0.4) is 0 Å². The molecule has 1 saturated heterocycles. The number of carboxylic acid groups (broad SMARTS) is 1. The number of amides is 1. The minimum absolute atomic E-state index is 0.0252. The van der Waals surface area contributed by atoms with Crippen molar-refractivity contribution < 1.29 is 24.2 Å². The lowest BCUT2D eigenvalue weighted by Crippen LogP contribution is -2.39. The fraction of sp³-hybridized carbons (Fsp3) is 0.500. The number of hydrogen-bond donors (Lipinski definition) is 1. The number of piperidine rings is 1. The summed E-state index contributed by atoms with van der Waals surface area (Å²) < 4.78 is 5.28. The van der Waals surface area contributed by atoms with E-state index >= 15 is 0 Å². The molecule has 1 N–H and O–H groups in total. The second-order valence-electron chi connectivity index (χ2n) is 6.18. The molecule has 24 heavy (non-hydrogen) atoms. The van der Waals surface area contributed by atoms with Crippen molar-refractivity contribution >= 4 is 17.7 Å². The maximum absolute atomic E-state index is 12.5. The van der Waals surface area contributed by atoms with E-state index < -0.39 is 5.97 Å². The lowest BCUT2D eigenvalue weighted by atomic mass is 9.93. The highest BCUT2D eigenvalue weighted by atomic mass is 16.5. The summed E-state index contributed by atoms with van der Waals surface area (Å²) in [6.45, 7) is 2.64. The predicted octanol–water partition coefficient (Wildman–Crippen LogP) is 2.15. The van der Waals surface area contributed by atoms with Gasteiger partial charge in [0.15, 0.2) is 5.78 Å². The van der Waals surface area contributed by atoms with Gasteiger partial charge >= 0.3 is 5.97 Å². The van der Waals surface area contributed by atoms with E-state index in [1.54, 1.807) is 23.1 Å². The Bertz CT molecular complexity index is 632. The summed E-state index contributed by atoms with van der Waals surface area (Å²) in [5.41, 5.74) is 1.25. The van der Waals surface area contributed by atoms with Crippen molar-refractivity contribution in [1.29, 1.82) is 0 Å². The van der Waals surface area contributed by atoms with E-state index in [2.05, 4.69) is 0 Å². The second-order valence-corrected chi connectivity index (χ2v) is 6.18. The Morgan fingerprint density at radius 3 is 2.46 bits per heavy atom. The summed E-state index contributed by atoms with van der Waals surface area (Å²) in [5, 5.41) is 8.84. The van der Waals surface area contributed by atoms with Gasteiger partial charge in [-0.15, -0.1) is 0 Å². The van der Waals surface area contributed by atoms with Gasteiger partial charge < -0.3 is 14.7 Å². The first-order valence-electron chi connectivity index (χ1n) is 8.08. The number of ether oxygens (including phenoxy) is 1. The number of nitrogens with zero attached hydrogens (tertiary/aromatic N) is 1. The summed E-state index contributed by atoms with van der Waals surface area (Å²) in [6.07, 6.45) is 1.76. The van der Waals surface area contributed by atoms with Crippen molar-refractivity contribution in [2.75, 3.05) is 20.2 Å². The van der Waals surface area contributed by atoms with Gasteiger partial charge in [-0.2, -0.15) is 0 Å². The molecule has 130 valence electrons. The number of ketones is 1. The third-order valence-electron chi connectivity index (χ3n) is 4.46. The Hall–Kier alpha value is -2.37. The van der Waals surface area contributed by atoms with Crippen molar-refractivity contribution in [2.45, 2.75) is 32.6 Å². The highest BCUT2D eigenvalue weighted by molar-refractivity contribution is 5.94. The van der Waals surface area contributed by atoms with Crippen molar-refractivity contribution in [3.05, 3.63) is 29.3 Å². The van der Waals surface area contributed by atoms with E-state index in [1.807, 2.05) is 0 Å². The van der Waals surface area contributed by atoms with Crippen LogP contribution < -0.4 is 4.74 Å². The summed E-state index contributed by atoms with van der Waals surface area (Å²) in [6, 6.07) is 5.10. The van der Waals surface area contributed by atoms with Crippen LogP contribution in [0.15, 0.2) is 18.2 Å². The molecular formula is C18H23NO5. The number of carboxylic acids is 1. The van der Waals surface area contributed by atoms with Gasteiger partial charge in [-0.05, 0) is 43.9 Å². The normalized spacial score (nSPS) is 15.2. The molecule has 1 aliphatic heterocycles. The number of Topliss-reactive ketones (excluding diaryl/α,β-unsaturated/α-hetero) is 1. The molecule has 0 aromatic heterocycles. The molecular weight excluding hydrogens is 310 g/mol. The van der Waals surface area contributed by atoms with Gasteiger partial charge in [0.1, 0.15) is 5.75 Å². The molecule has 0 atom stereocenters. The molecule has 6 heteroatoms. The number of aliphatic carboxylic acids is 1. The fourth-order valence-corrected chi connectivity index (χ4v) is 3.04. The van der Waals surface area contributed by atoms with E-state index in [4.69, 9.17) is 9.84 Å². The SMILES string of the molecule is COc1ccc(C(C)=O)cc1CC(=O)N1CCC(CC(=O)O)CC1. The van der Waals surface area contributed by atoms with Crippen LogP contribution in [0.5, 0.6) is 5.75 Å². The molecule has 0 unspecified atom stereocenters. The third-order valence-corrected chi connectivity index (χ3v) is 4.46. The monoisotopic (exact) mass is 333 g/mol. The van der Waals surface area contributed by atoms with Gasteiger partial charge in [0.05, 0.1) is 13.5 Å². The van der Waals surface area contributed by atoms with E-state index in [1.165, 1.54) is 14.0 Å². The molecule has 1 heterocycles. The first kappa shape index (κ1) is 18.0. The quantitative estimate of drug-likeness (QED) is 0.807. The Kier molecular flexibility index (Phi) is 5.95. The minimum atomic E-state index is -0.787. The van der Waals surface area contributed by atoms with Crippen LogP contribution in [0.1, 0.15) is 42.1 Å². The van der Waals surface area contributed by atoms with Crippen LogP contribution in [0.25, 0.3) is 0 Å². The standard InChI is InChI=1S/C18H23NO5/c1-12(20)14-3-4-16(24-2)15(10-14)11-17(21)19-7-5-13(6-8-19)9-18(22)23/h3-4,10,13H,5-9,11H2,1-2H3,(H,22,23). The number of benzene rings is 1. The van der Waals surface area contributed by atoms with Gasteiger partial charge in [-0.3, -0.25) is 14.4 Å². The van der Waals surface area contributed by atoms with Crippen LogP contribution in [-0.2, 0) is 16.0 Å². The van der Waals surface area contributed by atoms with E-state index in [-0.39, 0.29) is 30.4 Å². The maximum atomic E-state index is 12.5. The zero-order valence-corrected chi connectivity index (χ0v) is 14.1. The average Bonchev–Trinajstić information content (AvgIpc) is 2.54. The lowest BCUT2D eigenvalue weighted by molar-refractivity contribution is -0.138. The van der Waals surface area contributed by atoms with E-state index in [9.17, 15) is 14.4 Å². The van der Waals surface area contributed by atoms with Crippen LogP contribution in [-0.4, -0.2) is 47.9 Å². The number of methoxy groups -OCH3 is 1.